The minimum atomic E-state index is -4.61. The number of hydrogen-bond donors (Lipinski definition) is 2. The molecule has 0 aromatic carbocycles. The Morgan fingerprint density at radius 3 is 0.622 bits per heavy atom. The molecule has 0 aliphatic carbocycles. The minimum Gasteiger partial charge on any atom is -0.368 e. The first-order valence-electron chi connectivity index (χ1n) is 12.7. The molecule has 0 aliphatic heterocycles. The molecule has 0 fully saturated rings. The molecule has 0 spiro atoms. The summed E-state index contributed by atoms with van der Waals surface area (Å²) in [5.41, 5.74) is -5.29. The predicted molar refractivity (Wildman–Crippen MR) is 149 cm³/mol. The van der Waals surface area contributed by atoms with Gasteiger partial charge in [0.15, 0.2) is 0 Å². The third kappa shape index (κ3) is 18.3. The summed E-state index contributed by atoms with van der Waals surface area (Å²) in [5, 5.41) is 0. The summed E-state index contributed by atoms with van der Waals surface area (Å²) in [4.78, 5) is 23.6. The molecule has 0 amide bonds. The van der Waals surface area contributed by atoms with E-state index in [1.54, 1.807) is 125 Å². The molecule has 37 heavy (non-hydrogen) atoms. The molecule has 0 bridgehead atoms. The van der Waals surface area contributed by atoms with E-state index in [1.807, 2.05) is 0 Å². The van der Waals surface area contributed by atoms with Gasteiger partial charge in [-0.1, -0.05) is 0 Å². The van der Waals surface area contributed by atoms with Gasteiger partial charge >= 0.3 is 27.1 Å². The van der Waals surface area contributed by atoms with Crippen molar-refractivity contribution in [3.05, 3.63) is 0 Å². The summed E-state index contributed by atoms with van der Waals surface area (Å²) in [7, 11) is -13.8. The van der Waals surface area contributed by atoms with Gasteiger partial charge in [0.25, 0.3) is 0 Å². The molecule has 13 heteroatoms. The van der Waals surface area contributed by atoms with E-state index in [-0.39, 0.29) is 0 Å². The molecule has 0 saturated carbocycles. The largest absolute Gasteiger partial charge is 0.671 e. The second-order valence-corrected chi connectivity index (χ2v) is 21.0. The van der Waals surface area contributed by atoms with Crippen molar-refractivity contribution >= 4 is 27.1 Å². The van der Waals surface area contributed by atoms with Crippen LogP contribution in [0.25, 0.3) is 0 Å². The molecule has 0 unspecified atom stereocenters. The molecule has 0 aliphatic rings. The molecule has 0 atom stereocenters. The van der Waals surface area contributed by atoms with Crippen LogP contribution in [-0.2, 0) is 34.8 Å². The van der Waals surface area contributed by atoms with Crippen molar-refractivity contribution in [2.75, 3.05) is 0 Å². The average Bonchev–Trinajstić information content (AvgIpc) is 2.29. The maximum atomic E-state index is 11.8. The van der Waals surface area contributed by atoms with Gasteiger partial charge in [0.05, 0.1) is 33.6 Å². The van der Waals surface area contributed by atoms with E-state index in [0.717, 1.165) is 0 Å². The Labute approximate surface area is 229 Å². The lowest BCUT2D eigenvalue weighted by Crippen LogP contribution is -2.71. The SMILES string of the molecule is CC(C)(C)O[Si](O)(OC(C)(C)C)O[Si](OC(C)(C)C)(OC(C)(C)C)O[Si](O)(OC(C)(C)C)OC(C)(C)C. The first kappa shape index (κ1) is 37.3. The summed E-state index contributed by atoms with van der Waals surface area (Å²) in [5.74, 6) is 0. The average molecular weight is 589 g/mol. The fourth-order valence-electron chi connectivity index (χ4n) is 2.86. The van der Waals surface area contributed by atoms with Crippen LogP contribution >= 0.6 is 0 Å². The van der Waals surface area contributed by atoms with Crippen molar-refractivity contribution in [1.29, 1.82) is 0 Å². The fourth-order valence-corrected chi connectivity index (χ4v) is 12.0. The van der Waals surface area contributed by atoms with E-state index in [2.05, 4.69) is 0 Å². The van der Waals surface area contributed by atoms with Gasteiger partial charge < -0.3 is 44.4 Å². The highest BCUT2D eigenvalue weighted by Crippen LogP contribution is 2.35. The molecule has 0 aromatic rings. The van der Waals surface area contributed by atoms with Crippen molar-refractivity contribution in [3.8, 4) is 0 Å². The molecule has 224 valence electrons. The first-order valence-corrected chi connectivity index (χ1v) is 17.7. The van der Waals surface area contributed by atoms with Gasteiger partial charge in [-0.05, 0) is 125 Å². The Bertz CT molecular complexity index is 626. The maximum Gasteiger partial charge on any atom is 0.671 e. The van der Waals surface area contributed by atoms with Gasteiger partial charge in [0.1, 0.15) is 0 Å². The van der Waals surface area contributed by atoms with E-state index in [9.17, 15) is 9.59 Å². The zero-order chi connectivity index (χ0) is 30.2. The predicted octanol–water partition coefficient (Wildman–Crippen LogP) is 5.20. The molecular formula is C24H56O10Si3. The maximum absolute atomic E-state index is 11.8. The zero-order valence-electron chi connectivity index (χ0n) is 26.7. The van der Waals surface area contributed by atoms with Gasteiger partial charge in [0.2, 0.25) is 0 Å². The third-order valence-electron chi connectivity index (χ3n) is 3.11. The van der Waals surface area contributed by atoms with Gasteiger partial charge in [0, 0.05) is 0 Å². The highest BCUT2D eigenvalue weighted by atomic mass is 28.5. The van der Waals surface area contributed by atoms with Crippen LogP contribution in [-0.4, -0.2) is 70.3 Å². The monoisotopic (exact) mass is 588 g/mol. The van der Waals surface area contributed by atoms with E-state index in [1.165, 1.54) is 0 Å². The molecule has 0 heterocycles. The van der Waals surface area contributed by atoms with Crippen LogP contribution in [0.3, 0.4) is 0 Å². The van der Waals surface area contributed by atoms with Crippen LogP contribution in [0.5, 0.6) is 0 Å². The van der Waals surface area contributed by atoms with Crippen molar-refractivity contribution in [2.24, 2.45) is 0 Å². The molecule has 10 nitrogen and oxygen atoms in total. The summed E-state index contributed by atoms with van der Waals surface area (Å²) >= 11 is 0. The second-order valence-electron chi connectivity index (χ2n) is 15.0. The quantitative estimate of drug-likeness (QED) is 0.330. The van der Waals surface area contributed by atoms with E-state index >= 15 is 0 Å². The van der Waals surface area contributed by atoms with E-state index in [0.29, 0.717) is 0 Å². The van der Waals surface area contributed by atoms with E-state index in [4.69, 9.17) is 34.8 Å². The van der Waals surface area contributed by atoms with Crippen molar-refractivity contribution in [2.45, 2.75) is 158 Å². The zero-order valence-corrected chi connectivity index (χ0v) is 29.7. The van der Waals surface area contributed by atoms with Crippen LogP contribution in [0.2, 0.25) is 0 Å². The summed E-state index contributed by atoms with van der Waals surface area (Å²) in [6, 6.07) is 0. The Kier molecular flexibility index (Phi) is 11.7. The van der Waals surface area contributed by atoms with Crippen molar-refractivity contribution in [1.82, 2.24) is 0 Å². The number of rotatable bonds is 10. The molecule has 0 radical (unpaired) electrons. The van der Waals surface area contributed by atoms with Gasteiger partial charge in [-0.15, -0.1) is 0 Å². The van der Waals surface area contributed by atoms with Crippen molar-refractivity contribution in [3.63, 3.8) is 0 Å². The highest BCUT2D eigenvalue weighted by molar-refractivity contribution is 6.74. The summed E-state index contributed by atoms with van der Waals surface area (Å²) in [6.07, 6.45) is 0. The Balaban J connectivity index is 7.18. The fraction of sp³-hybridized carbons (Fsp3) is 1.00. The van der Waals surface area contributed by atoms with Gasteiger partial charge in [-0.2, -0.15) is 0 Å². The normalized spacial score (nSPS) is 15.9. The van der Waals surface area contributed by atoms with Crippen LogP contribution in [0.4, 0.5) is 0 Å². The Hall–Kier alpha value is 0.251. The molecule has 0 aromatic heterocycles. The molecule has 0 saturated heterocycles. The van der Waals surface area contributed by atoms with Crippen molar-refractivity contribution < 1.29 is 44.4 Å². The van der Waals surface area contributed by atoms with Crippen LogP contribution in [0.1, 0.15) is 125 Å². The standard InChI is InChI=1S/C24H56O10Si3/c1-19(2,3)27-35(25,28-20(4,5)6)33-37(31-23(13,14)15,32-24(16,17)18)34-36(26,29-21(7,8)9)30-22(10,11)12/h25-26H,1-18H3. The minimum absolute atomic E-state index is 0.868. The van der Waals surface area contributed by atoms with Gasteiger partial charge in [-0.3, -0.25) is 0 Å². The molecule has 0 rings (SSSR count). The molecule has 2 N–H and O–H groups in total. The van der Waals surface area contributed by atoms with E-state index < -0.39 is 60.8 Å². The lowest BCUT2D eigenvalue weighted by molar-refractivity contribution is -0.143. The summed E-state index contributed by atoms with van der Waals surface area (Å²) < 4.78 is 49.3. The molecular weight excluding hydrogens is 533 g/mol. The van der Waals surface area contributed by atoms with Crippen LogP contribution in [0, 0.1) is 0 Å². The third-order valence-corrected chi connectivity index (χ3v) is 12.4. The van der Waals surface area contributed by atoms with Crippen LogP contribution in [0.15, 0.2) is 0 Å². The highest BCUT2D eigenvalue weighted by Gasteiger charge is 2.68. The topological polar surface area (TPSA) is 114 Å². The second kappa shape index (κ2) is 11.6. The van der Waals surface area contributed by atoms with Gasteiger partial charge in [-0.25, -0.2) is 0 Å². The number of hydrogen-bond acceptors (Lipinski definition) is 10. The smallest absolute Gasteiger partial charge is 0.368 e. The Morgan fingerprint density at radius 1 is 0.324 bits per heavy atom. The lowest BCUT2D eigenvalue weighted by atomic mass is 10.2. The van der Waals surface area contributed by atoms with Crippen LogP contribution < -0.4 is 0 Å². The summed E-state index contributed by atoms with van der Waals surface area (Å²) in [6.45, 7) is 31.8. The Morgan fingerprint density at radius 2 is 0.486 bits per heavy atom. The lowest BCUT2D eigenvalue weighted by Gasteiger charge is -2.45. The first-order chi connectivity index (χ1) is 15.7.